The van der Waals surface area contributed by atoms with Gasteiger partial charge in [0.15, 0.2) is 0 Å². The third kappa shape index (κ3) is 4.30. The van der Waals surface area contributed by atoms with E-state index in [1.54, 1.807) is 0 Å². The topological polar surface area (TPSA) is 25.8 Å². The Kier molecular flexibility index (Phi) is 5.49. The van der Waals surface area contributed by atoms with Gasteiger partial charge in [-0.25, -0.2) is 9.97 Å². The van der Waals surface area contributed by atoms with Crippen molar-refractivity contribution in [1.29, 1.82) is 0 Å². The average Bonchev–Trinajstić information content (AvgIpc) is 2.56. The van der Waals surface area contributed by atoms with Gasteiger partial charge in [-0.15, -0.1) is 0 Å². The summed E-state index contributed by atoms with van der Waals surface area (Å²) in [6.45, 7) is 4.48. The molecule has 0 aromatic carbocycles. The zero-order chi connectivity index (χ0) is 15.4. The molecule has 0 spiro atoms. The van der Waals surface area contributed by atoms with Crippen LogP contribution in [-0.2, 0) is 6.42 Å². The summed E-state index contributed by atoms with van der Waals surface area (Å²) in [6, 6.07) is 0. The van der Waals surface area contributed by atoms with Crippen LogP contribution in [0.1, 0.15) is 76.1 Å². The highest BCUT2D eigenvalue weighted by Gasteiger charge is 2.29. The fourth-order valence-electron chi connectivity index (χ4n) is 4.59. The molecule has 1 heterocycles. The molecule has 0 saturated heterocycles. The highest BCUT2D eigenvalue weighted by Crippen LogP contribution is 2.41. The Labute approximate surface area is 136 Å². The van der Waals surface area contributed by atoms with Gasteiger partial charge in [-0.05, 0) is 68.3 Å². The standard InChI is InChI=1S/C20H32N2/c1-15-3-8-18(9-4-15)19-10-5-17(6-11-19)7-12-20-21-13-16(2)14-22-20/h13-15,17-19H,3-12H2,1-2H3. The number of aromatic nitrogens is 2. The van der Waals surface area contributed by atoms with Gasteiger partial charge in [0.1, 0.15) is 5.82 Å². The largest absolute Gasteiger partial charge is 0.241 e. The second-order valence-electron chi connectivity index (χ2n) is 8.02. The molecule has 2 heteroatoms. The Morgan fingerprint density at radius 3 is 2.00 bits per heavy atom. The molecule has 0 atom stereocenters. The van der Waals surface area contributed by atoms with Crippen molar-refractivity contribution in [2.75, 3.05) is 0 Å². The molecule has 0 unspecified atom stereocenters. The zero-order valence-electron chi connectivity index (χ0n) is 14.4. The second kappa shape index (κ2) is 7.57. The molecule has 0 aliphatic heterocycles. The van der Waals surface area contributed by atoms with E-state index in [1.165, 1.54) is 57.8 Å². The molecule has 2 saturated carbocycles. The molecule has 0 radical (unpaired) electrons. The summed E-state index contributed by atoms with van der Waals surface area (Å²) in [7, 11) is 0. The molecular weight excluding hydrogens is 268 g/mol. The van der Waals surface area contributed by atoms with E-state index in [-0.39, 0.29) is 0 Å². The van der Waals surface area contributed by atoms with Gasteiger partial charge in [0.05, 0.1) is 0 Å². The van der Waals surface area contributed by atoms with Gasteiger partial charge in [0.25, 0.3) is 0 Å². The summed E-state index contributed by atoms with van der Waals surface area (Å²) < 4.78 is 0. The molecule has 2 aliphatic rings. The van der Waals surface area contributed by atoms with E-state index in [4.69, 9.17) is 0 Å². The van der Waals surface area contributed by atoms with E-state index in [9.17, 15) is 0 Å². The number of hydrogen-bond donors (Lipinski definition) is 0. The third-order valence-electron chi connectivity index (χ3n) is 6.23. The predicted octanol–water partition coefficient (Wildman–Crippen LogP) is 5.35. The minimum absolute atomic E-state index is 0.920. The molecule has 0 amide bonds. The first-order chi connectivity index (χ1) is 10.7. The van der Waals surface area contributed by atoms with Crippen molar-refractivity contribution in [3.05, 3.63) is 23.8 Å². The molecule has 0 bridgehead atoms. The monoisotopic (exact) mass is 300 g/mol. The number of aryl methyl sites for hydroxylation is 2. The third-order valence-corrected chi connectivity index (χ3v) is 6.23. The Morgan fingerprint density at radius 2 is 1.41 bits per heavy atom. The summed E-state index contributed by atoms with van der Waals surface area (Å²) in [5.41, 5.74) is 1.16. The van der Waals surface area contributed by atoms with Crippen LogP contribution in [0, 0.1) is 30.6 Å². The molecular formula is C20H32N2. The Morgan fingerprint density at radius 1 is 0.864 bits per heavy atom. The lowest BCUT2D eigenvalue weighted by atomic mass is 9.69. The van der Waals surface area contributed by atoms with Crippen molar-refractivity contribution in [2.24, 2.45) is 23.7 Å². The van der Waals surface area contributed by atoms with Gasteiger partial charge in [0, 0.05) is 18.8 Å². The zero-order valence-corrected chi connectivity index (χ0v) is 14.4. The predicted molar refractivity (Wildman–Crippen MR) is 91.7 cm³/mol. The summed E-state index contributed by atoms with van der Waals surface area (Å²) in [5, 5.41) is 0. The van der Waals surface area contributed by atoms with Crippen LogP contribution in [0.15, 0.2) is 12.4 Å². The Bertz CT molecular complexity index is 437. The van der Waals surface area contributed by atoms with Crippen LogP contribution >= 0.6 is 0 Å². The molecule has 22 heavy (non-hydrogen) atoms. The van der Waals surface area contributed by atoms with Crippen LogP contribution in [0.25, 0.3) is 0 Å². The number of nitrogens with zero attached hydrogens (tertiary/aromatic N) is 2. The lowest BCUT2D eigenvalue weighted by Crippen LogP contribution is -2.25. The van der Waals surface area contributed by atoms with E-state index in [0.29, 0.717) is 0 Å². The molecule has 2 aliphatic carbocycles. The van der Waals surface area contributed by atoms with E-state index < -0.39 is 0 Å². The quantitative estimate of drug-likeness (QED) is 0.749. The first-order valence-electron chi connectivity index (χ1n) is 9.48. The lowest BCUT2D eigenvalue weighted by molar-refractivity contribution is 0.147. The fourth-order valence-corrected chi connectivity index (χ4v) is 4.59. The lowest BCUT2D eigenvalue weighted by Gasteiger charge is -2.37. The minimum Gasteiger partial charge on any atom is -0.241 e. The van der Waals surface area contributed by atoms with Crippen molar-refractivity contribution < 1.29 is 0 Å². The van der Waals surface area contributed by atoms with Crippen molar-refractivity contribution in [2.45, 2.75) is 78.1 Å². The fraction of sp³-hybridized carbons (Fsp3) is 0.800. The molecule has 2 nitrogen and oxygen atoms in total. The molecule has 3 rings (SSSR count). The van der Waals surface area contributed by atoms with Gasteiger partial charge in [-0.3, -0.25) is 0 Å². The summed E-state index contributed by atoms with van der Waals surface area (Å²) in [5.74, 6) is 5.04. The second-order valence-corrected chi connectivity index (χ2v) is 8.02. The molecule has 0 N–H and O–H groups in total. The molecule has 1 aromatic heterocycles. The van der Waals surface area contributed by atoms with Crippen molar-refractivity contribution >= 4 is 0 Å². The maximum Gasteiger partial charge on any atom is 0.128 e. The highest BCUT2D eigenvalue weighted by molar-refractivity contribution is 5.02. The van der Waals surface area contributed by atoms with Crippen LogP contribution in [0.5, 0.6) is 0 Å². The molecule has 1 aromatic rings. The van der Waals surface area contributed by atoms with E-state index in [0.717, 1.165) is 41.5 Å². The average molecular weight is 300 g/mol. The summed E-state index contributed by atoms with van der Waals surface area (Å²) in [6.07, 6.45) is 18.1. The van der Waals surface area contributed by atoms with E-state index in [2.05, 4.69) is 23.8 Å². The first kappa shape index (κ1) is 16.0. The molecule has 2 fully saturated rings. The van der Waals surface area contributed by atoms with Crippen LogP contribution in [0.2, 0.25) is 0 Å². The number of rotatable bonds is 4. The Balaban J connectivity index is 1.39. The van der Waals surface area contributed by atoms with Crippen LogP contribution in [0.4, 0.5) is 0 Å². The van der Waals surface area contributed by atoms with Crippen LogP contribution in [-0.4, -0.2) is 9.97 Å². The maximum absolute atomic E-state index is 4.45. The first-order valence-corrected chi connectivity index (χ1v) is 9.48. The SMILES string of the molecule is Cc1cnc(CCC2CCC(C3CCC(C)CC3)CC2)nc1. The van der Waals surface area contributed by atoms with E-state index in [1.807, 2.05) is 12.4 Å². The minimum atomic E-state index is 0.920. The van der Waals surface area contributed by atoms with Crippen LogP contribution < -0.4 is 0 Å². The van der Waals surface area contributed by atoms with Crippen molar-refractivity contribution in [3.8, 4) is 0 Å². The van der Waals surface area contributed by atoms with Gasteiger partial charge in [0.2, 0.25) is 0 Å². The van der Waals surface area contributed by atoms with Gasteiger partial charge < -0.3 is 0 Å². The number of hydrogen-bond acceptors (Lipinski definition) is 2. The normalized spacial score (nSPS) is 32.8. The van der Waals surface area contributed by atoms with Gasteiger partial charge in [-0.2, -0.15) is 0 Å². The smallest absolute Gasteiger partial charge is 0.128 e. The van der Waals surface area contributed by atoms with Gasteiger partial charge in [-0.1, -0.05) is 32.6 Å². The summed E-state index contributed by atoms with van der Waals surface area (Å²) >= 11 is 0. The van der Waals surface area contributed by atoms with E-state index >= 15 is 0 Å². The Hall–Kier alpha value is -0.920. The highest BCUT2D eigenvalue weighted by atomic mass is 14.9. The molecule has 122 valence electrons. The maximum atomic E-state index is 4.45. The summed E-state index contributed by atoms with van der Waals surface area (Å²) in [4.78, 5) is 8.89. The van der Waals surface area contributed by atoms with Crippen molar-refractivity contribution in [1.82, 2.24) is 9.97 Å². The van der Waals surface area contributed by atoms with Crippen molar-refractivity contribution in [3.63, 3.8) is 0 Å². The van der Waals surface area contributed by atoms with Gasteiger partial charge >= 0.3 is 0 Å². The van der Waals surface area contributed by atoms with Crippen LogP contribution in [0.3, 0.4) is 0 Å².